The zero-order valence-corrected chi connectivity index (χ0v) is 12.4. The van der Waals surface area contributed by atoms with Gasteiger partial charge in [-0.2, -0.15) is 0 Å². The van der Waals surface area contributed by atoms with Gasteiger partial charge in [-0.1, -0.05) is 0 Å². The van der Waals surface area contributed by atoms with Crippen molar-refractivity contribution in [3.05, 3.63) is 18.2 Å². The van der Waals surface area contributed by atoms with Gasteiger partial charge in [0.05, 0.1) is 18.6 Å². The molecule has 2 N–H and O–H groups in total. The fraction of sp³-hybridized carbons (Fsp3) is 0.455. The molecule has 106 valence electrons. The van der Waals surface area contributed by atoms with Crippen molar-refractivity contribution >= 4 is 33.2 Å². The Morgan fingerprint density at radius 3 is 2.53 bits per heavy atom. The smallest absolute Gasteiger partial charge is 0.238 e. The van der Waals surface area contributed by atoms with Crippen LogP contribution in [0.15, 0.2) is 23.1 Å². The minimum atomic E-state index is -3.77. The van der Waals surface area contributed by atoms with E-state index >= 15 is 0 Å². The summed E-state index contributed by atoms with van der Waals surface area (Å²) in [6.45, 7) is 0.345. The summed E-state index contributed by atoms with van der Waals surface area (Å²) in [4.78, 5) is -0.0350. The number of primary sulfonamides is 1. The Morgan fingerprint density at radius 1 is 1.42 bits per heavy atom. The molecule has 0 aliphatic heterocycles. The van der Waals surface area contributed by atoms with Gasteiger partial charge in [0.15, 0.2) is 11.5 Å². The summed E-state index contributed by atoms with van der Waals surface area (Å²) in [6, 6.07) is 4.16. The van der Waals surface area contributed by atoms with Crippen LogP contribution in [0.3, 0.4) is 0 Å². The molecule has 0 radical (unpaired) electrons. The second-order valence-electron chi connectivity index (χ2n) is 4.33. The van der Waals surface area contributed by atoms with Crippen molar-refractivity contribution in [3.63, 3.8) is 0 Å². The maximum Gasteiger partial charge on any atom is 0.238 e. The highest BCUT2D eigenvalue weighted by atomic mass is 35.5. The molecule has 1 unspecified atom stereocenters. The van der Waals surface area contributed by atoms with E-state index in [0.717, 1.165) is 0 Å². The van der Waals surface area contributed by atoms with Gasteiger partial charge in [0, 0.05) is 12.0 Å². The van der Waals surface area contributed by atoms with Gasteiger partial charge in [-0.15, -0.1) is 23.2 Å². The molecule has 1 fully saturated rings. The molecular weight excluding hydrogens is 313 g/mol. The zero-order chi connectivity index (χ0) is 14.3. The first kappa shape index (κ1) is 14.7. The summed E-state index contributed by atoms with van der Waals surface area (Å²) >= 11 is 11.8. The highest BCUT2D eigenvalue weighted by molar-refractivity contribution is 7.89. The van der Waals surface area contributed by atoms with Crippen LogP contribution in [-0.2, 0) is 10.0 Å². The summed E-state index contributed by atoms with van der Waals surface area (Å²) in [5.74, 6) is 0.784. The third-order valence-electron chi connectivity index (χ3n) is 2.86. The lowest BCUT2D eigenvalue weighted by Crippen LogP contribution is -2.12. The second-order valence-corrected chi connectivity index (χ2v) is 7.43. The standard InChI is InChI=1S/C11H13Cl2NO4S/c1-17-10-4-8(19(14,15)16)2-3-9(10)18-6-7-5-11(7,12)13/h2-4,7H,5-6H2,1H3,(H2,14,15,16). The zero-order valence-electron chi connectivity index (χ0n) is 10.1. The Hall–Kier alpha value is -0.690. The van der Waals surface area contributed by atoms with Crippen molar-refractivity contribution < 1.29 is 17.9 Å². The number of nitrogens with two attached hydrogens (primary N) is 1. The van der Waals surface area contributed by atoms with Crippen LogP contribution in [0.1, 0.15) is 6.42 Å². The van der Waals surface area contributed by atoms with Crippen LogP contribution < -0.4 is 14.6 Å². The van der Waals surface area contributed by atoms with E-state index in [-0.39, 0.29) is 10.8 Å². The quantitative estimate of drug-likeness (QED) is 0.839. The molecule has 0 amide bonds. The molecule has 0 bridgehead atoms. The Balaban J connectivity index is 2.13. The fourth-order valence-electron chi connectivity index (χ4n) is 1.58. The first-order chi connectivity index (χ1) is 8.74. The van der Waals surface area contributed by atoms with Gasteiger partial charge in [-0.25, -0.2) is 13.6 Å². The van der Waals surface area contributed by atoms with E-state index in [1.54, 1.807) is 0 Å². The van der Waals surface area contributed by atoms with E-state index in [1.807, 2.05) is 0 Å². The fourth-order valence-corrected chi connectivity index (χ4v) is 2.61. The van der Waals surface area contributed by atoms with Crippen molar-refractivity contribution in [2.45, 2.75) is 15.6 Å². The molecule has 0 aromatic heterocycles. The molecule has 0 heterocycles. The lowest BCUT2D eigenvalue weighted by Gasteiger charge is -2.11. The van der Waals surface area contributed by atoms with Gasteiger partial charge in [0.1, 0.15) is 4.33 Å². The number of halogens is 2. The SMILES string of the molecule is COc1cc(S(N)(=O)=O)ccc1OCC1CC1(Cl)Cl. The monoisotopic (exact) mass is 325 g/mol. The molecule has 0 saturated heterocycles. The highest BCUT2D eigenvalue weighted by Gasteiger charge is 2.52. The second kappa shape index (κ2) is 5.01. The van der Waals surface area contributed by atoms with Crippen LogP contribution in [0.2, 0.25) is 0 Å². The van der Waals surface area contributed by atoms with Crippen molar-refractivity contribution in [2.24, 2.45) is 11.1 Å². The van der Waals surface area contributed by atoms with Crippen LogP contribution >= 0.6 is 23.2 Å². The third-order valence-corrected chi connectivity index (χ3v) is 4.70. The number of benzene rings is 1. The molecule has 1 atom stereocenters. The number of rotatable bonds is 5. The predicted molar refractivity (Wildman–Crippen MR) is 72.4 cm³/mol. The molecule has 0 spiro atoms. The van der Waals surface area contributed by atoms with Crippen molar-refractivity contribution in [3.8, 4) is 11.5 Å². The van der Waals surface area contributed by atoms with Crippen LogP contribution in [-0.4, -0.2) is 26.5 Å². The van der Waals surface area contributed by atoms with E-state index in [9.17, 15) is 8.42 Å². The average molecular weight is 326 g/mol. The average Bonchev–Trinajstić information content (AvgIpc) is 2.93. The number of alkyl halides is 2. The first-order valence-corrected chi connectivity index (χ1v) is 7.76. The Morgan fingerprint density at radius 2 is 2.05 bits per heavy atom. The normalized spacial score (nSPS) is 20.9. The molecule has 1 aliphatic rings. The summed E-state index contributed by atoms with van der Waals surface area (Å²) < 4.78 is 32.3. The maximum absolute atomic E-state index is 11.2. The molecule has 19 heavy (non-hydrogen) atoms. The predicted octanol–water partition coefficient (Wildman–Crippen LogP) is 1.92. The van der Waals surface area contributed by atoms with Gasteiger partial charge in [0.2, 0.25) is 10.0 Å². The number of hydrogen-bond donors (Lipinski definition) is 1. The minimum absolute atomic E-state index is 0.0350. The Bertz CT molecular complexity index is 588. The van der Waals surface area contributed by atoms with Crippen LogP contribution in [0.5, 0.6) is 11.5 Å². The largest absolute Gasteiger partial charge is 0.493 e. The lowest BCUT2D eigenvalue weighted by atomic mass is 10.3. The van der Waals surface area contributed by atoms with Gasteiger partial charge in [0.25, 0.3) is 0 Å². The van der Waals surface area contributed by atoms with Crippen LogP contribution in [0.25, 0.3) is 0 Å². The molecule has 2 rings (SSSR count). The summed E-state index contributed by atoms with van der Waals surface area (Å²) in [7, 11) is -2.35. The lowest BCUT2D eigenvalue weighted by molar-refractivity contribution is 0.279. The number of ether oxygens (including phenoxy) is 2. The number of methoxy groups -OCH3 is 1. The topological polar surface area (TPSA) is 78.6 Å². The van der Waals surface area contributed by atoms with Crippen molar-refractivity contribution in [1.82, 2.24) is 0 Å². The molecule has 1 aromatic carbocycles. The Labute approximate surface area is 121 Å². The Kier molecular flexibility index (Phi) is 3.88. The van der Waals surface area contributed by atoms with Gasteiger partial charge in [-0.3, -0.25) is 0 Å². The van der Waals surface area contributed by atoms with E-state index in [2.05, 4.69) is 0 Å². The maximum atomic E-state index is 11.2. The number of hydrogen-bond acceptors (Lipinski definition) is 4. The van der Waals surface area contributed by atoms with E-state index in [1.165, 1.54) is 25.3 Å². The van der Waals surface area contributed by atoms with Crippen molar-refractivity contribution in [2.75, 3.05) is 13.7 Å². The minimum Gasteiger partial charge on any atom is -0.493 e. The highest BCUT2D eigenvalue weighted by Crippen LogP contribution is 2.53. The summed E-state index contributed by atoms with van der Waals surface area (Å²) in [5, 5.41) is 5.04. The molecule has 1 aliphatic carbocycles. The van der Waals surface area contributed by atoms with E-state index in [0.29, 0.717) is 24.5 Å². The summed E-state index contributed by atoms with van der Waals surface area (Å²) in [5.41, 5.74) is 0. The molecule has 1 saturated carbocycles. The van der Waals surface area contributed by atoms with Crippen molar-refractivity contribution in [1.29, 1.82) is 0 Å². The van der Waals surface area contributed by atoms with Crippen LogP contribution in [0, 0.1) is 5.92 Å². The summed E-state index contributed by atoms with van der Waals surface area (Å²) in [6.07, 6.45) is 0.674. The molecular formula is C11H13Cl2NO4S. The van der Waals surface area contributed by atoms with Gasteiger partial charge < -0.3 is 9.47 Å². The first-order valence-electron chi connectivity index (χ1n) is 5.45. The molecule has 8 heteroatoms. The van der Waals surface area contributed by atoms with E-state index in [4.69, 9.17) is 37.8 Å². The molecule has 1 aromatic rings. The van der Waals surface area contributed by atoms with Gasteiger partial charge in [-0.05, 0) is 18.6 Å². The molecule has 5 nitrogen and oxygen atoms in total. The van der Waals surface area contributed by atoms with E-state index < -0.39 is 14.4 Å². The van der Waals surface area contributed by atoms with Crippen LogP contribution in [0.4, 0.5) is 0 Å². The number of sulfonamides is 1. The van der Waals surface area contributed by atoms with Gasteiger partial charge >= 0.3 is 0 Å². The third kappa shape index (κ3) is 3.45.